The Hall–Kier alpha value is -2.57. The molecule has 1 unspecified atom stereocenters. The first-order valence-electron chi connectivity index (χ1n) is 8.94. The van der Waals surface area contributed by atoms with Crippen molar-refractivity contribution in [2.75, 3.05) is 26.7 Å². The van der Waals surface area contributed by atoms with Crippen molar-refractivity contribution in [3.05, 3.63) is 29.3 Å². The molecule has 1 aromatic carbocycles. The summed E-state index contributed by atoms with van der Waals surface area (Å²) in [6, 6.07) is 4.83. The monoisotopic (exact) mass is 359 g/mol. The van der Waals surface area contributed by atoms with Gasteiger partial charge >= 0.3 is 6.03 Å². The zero-order valence-electron chi connectivity index (χ0n) is 15.5. The molecule has 7 heteroatoms. The van der Waals surface area contributed by atoms with E-state index in [1.165, 1.54) is 0 Å². The topological polar surface area (TPSA) is 79.0 Å². The van der Waals surface area contributed by atoms with Gasteiger partial charge in [0.1, 0.15) is 17.8 Å². The van der Waals surface area contributed by atoms with Gasteiger partial charge in [-0.05, 0) is 56.4 Å². The number of nitrogens with one attached hydrogen (secondary N) is 1. The molecule has 7 nitrogen and oxygen atoms in total. The molecule has 0 aromatic heterocycles. The van der Waals surface area contributed by atoms with Gasteiger partial charge in [0.15, 0.2) is 0 Å². The first-order chi connectivity index (χ1) is 12.4. The number of amides is 4. The molecule has 0 bridgehead atoms. The lowest BCUT2D eigenvalue weighted by Gasteiger charge is -2.28. The number of likely N-dealkylation sites (tertiary alicyclic amines) is 1. The standard InChI is InChI=1S/C19H25N3O4/c1-13-11-14(7-8-15(13)26-3)19(2)17(24)22(18(25)20-19)12-16(23)21-9-5-4-6-10-21/h7-8,11H,4-6,9-10,12H2,1-3H3,(H,20,25). The first kappa shape index (κ1) is 18.2. The highest BCUT2D eigenvalue weighted by atomic mass is 16.5. The maximum Gasteiger partial charge on any atom is 0.325 e. The van der Waals surface area contributed by atoms with Gasteiger partial charge in [-0.1, -0.05) is 6.07 Å². The number of ether oxygens (including phenoxy) is 1. The van der Waals surface area contributed by atoms with E-state index < -0.39 is 17.5 Å². The fourth-order valence-corrected chi connectivity index (χ4v) is 3.60. The third-order valence-electron chi connectivity index (χ3n) is 5.25. The Morgan fingerprint density at radius 1 is 1.23 bits per heavy atom. The van der Waals surface area contributed by atoms with E-state index in [1.807, 2.05) is 13.0 Å². The summed E-state index contributed by atoms with van der Waals surface area (Å²) in [5.41, 5.74) is 0.356. The average molecular weight is 359 g/mol. The SMILES string of the molecule is COc1ccc(C2(C)NC(=O)N(CC(=O)N3CCCCC3)C2=O)cc1C. The number of benzene rings is 1. The number of methoxy groups -OCH3 is 1. The molecule has 2 aliphatic rings. The minimum absolute atomic E-state index is 0.177. The summed E-state index contributed by atoms with van der Waals surface area (Å²) < 4.78 is 5.25. The highest BCUT2D eigenvalue weighted by Gasteiger charge is 2.49. The summed E-state index contributed by atoms with van der Waals surface area (Å²) in [7, 11) is 1.58. The van der Waals surface area contributed by atoms with Crippen LogP contribution in [0.15, 0.2) is 18.2 Å². The maximum atomic E-state index is 13.0. The van der Waals surface area contributed by atoms with Gasteiger partial charge in [-0.15, -0.1) is 0 Å². The van der Waals surface area contributed by atoms with Crippen molar-refractivity contribution in [3.63, 3.8) is 0 Å². The van der Waals surface area contributed by atoms with E-state index in [2.05, 4.69) is 5.32 Å². The van der Waals surface area contributed by atoms with Gasteiger partial charge in [-0.2, -0.15) is 0 Å². The smallest absolute Gasteiger partial charge is 0.325 e. The molecular formula is C19H25N3O4. The number of nitrogens with zero attached hydrogens (tertiary/aromatic N) is 2. The molecule has 0 aliphatic carbocycles. The second kappa shape index (κ2) is 6.97. The van der Waals surface area contributed by atoms with E-state index in [0.29, 0.717) is 24.4 Å². The van der Waals surface area contributed by atoms with Crippen molar-refractivity contribution in [2.45, 2.75) is 38.6 Å². The van der Waals surface area contributed by atoms with Crippen molar-refractivity contribution in [3.8, 4) is 5.75 Å². The second-order valence-electron chi connectivity index (χ2n) is 7.07. The number of aryl methyl sites for hydroxylation is 1. The van der Waals surface area contributed by atoms with Crippen LogP contribution in [-0.2, 0) is 15.1 Å². The Morgan fingerprint density at radius 2 is 1.92 bits per heavy atom. The molecule has 140 valence electrons. The zero-order chi connectivity index (χ0) is 18.9. The van der Waals surface area contributed by atoms with Gasteiger partial charge in [0.2, 0.25) is 5.91 Å². The molecule has 2 heterocycles. The van der Waals surface area contributed by atoms with Crippen LogP contribution >= 0.6 is 0 Å². The largest absolute Gasteiger partial charge is 0.496 e. The van der Waals surface area contributed by atoms with E-state index in [1.54, 1.807) is 31.1 Å². The van der Waals surface area contributed by atoms with Crippen molar-refractivity contribution < 1.29 is 19.1 Å². The van der Waals surface area contributed by atoms with Crippen LogP contribution in [-0.4, -0.2) is 54.4 Å². The Morgan fingerprint density at radius 3 is 2.54 bits per heavy atom. The molecule has 0 spiro atoms. The number of rotatable bonds is 4. The molecule has 4 amide bonds. The molecule has 1 aromatic rings. The van der Waals surface area contributed by atoms with Crippen LogP contribution in [0.4, 0.5) is 4.79 Å². The Balaban J connectivity index is 1.79. The molecule has 2 aliphatic heterocycles. The van der Waals surface area contributed by atoms with Gasteiger partial charge < -0.3 is 15.0 Å². The molecule has 26 heavy (non-hydrogen) atoms. The summed E-state index contributed by atoms with van der Waals surface area (Å²) in [4.78, 5) is 40.6. The first-order valence-corrected chi connectivity index (χ1v) is 8.94. The van der Waals surface area contributed by atoms with Gasteiger partial charge in [-0.25, -0.2) is 4.79 Å². The normalized spacial score (nSPS) is 23.2. The van der Waals surface area contributed by atoms with E-state index in [4.69, 9.17) is 4.74 Å². The molecule has 2 fully saturated rings. The van der Waals surface area contributed by atoms with Crippen molar-refractivity contribution in [2.24, 2.45) is 0 Å². The third kappa shape index (κ3) is 3.13. The minimum atomic E-state index is -1.18. The van der Waals surface area contributed by atoms with Crippen LogP contribution in [0.25, 0.3) is 0 Å². The molecule has 0 radical (unpaired) electrons. The highest BCUT2D eigenvalue weighted by Crippen LogP contribution is 2.31. The third-order valence-corrected chi connectivity index (χ3v) is 5.25. The molecule has 1 atom stereocenters. The van der Waals surface area contributed by atoms with Gasteiger partial charge in [0.05, 0.1) is 7.11 Å². The molecular weight excluding hydrogens is 334 g/mol. The number of urea groups is 1. The molecule has 3 rings (SSSR count). The van der Waals surface area contributed by atoms with E-state index in [9.17, 15) is 14.4 Å². The predicted molar refractivity (Wildman–Crippen MR) is 95.8 cm³/mol. The van der Waals surface area contributed by atoms with Gasteiger partial charge in [0.25, 0.3) is 5.91 Å². The maximum absolute atomic E-state index is 13.0. The summed E-state index contributed by atoms with van der Waals surface area (Å²) in [6.07, 6.45) is 3.05. The number of carbonyl (C=O) groups is 3. The fraction of sp³-hybridized carbons (Fsp3) is 0.526. The summed E-state index contributed by atoms with van der Waals surface area (Å²) in [6.45, 7) is 4.72. The van der Waals surface area contributed by atoms with Crippen molar-refractivity contribution in [1.82, 2.24) is 15.1 Å². The lowest BCUT2D eigenvalue weighted by molar-refractivity contribution is -0.139. The van der Waals surface area contributed by atoms with E-state index in [0.717, 1.165) is 29.7 Å². The predicted octanol–water partition coefficient (Wildman–Crippen LogP) is 1.78. The van der Waals surface area contributed by atoms with Gasteiger partial charge in [0, 0.05) is 13.1 Å². The number of hydrogen-bond donors (Lipinski definition) is 1. The summed E-state index contributed by atoms with van der Waals surface area (Å²) in [5, 5.41) is 2.75. The quantitative estimate of drug-likeness (QED) is 0.831. The van der Waals surface area contributed by atoms with Crippen LogP contribution in [0.1, 0.15) is 37.3 Å². The second-order valence-corrected chi connectivity index (χ2v) is 7.07. The Kier molecular flexibility index (Phi) is 4.89. The number of piperidine rings is 1. The number of imide groups is 1. The zero-order valence-corrected chi connectivity index (χ0v) is 15.5. The Labute approximate surface area is 153 Å². The minimum Gasteiger partial charge on any atom is -0.496 e. The fourth-order valence-electron chi connectivity index (χ4n) is 3.60. The van der Waals surface area contributed by atoms with Crippen molar-refractivity contribution in [1.29, 1.82) is 0 Å². The average Bonchev–Trinajstić information content (AvgIpc) is 2.86. The molecule has 0 saturated carbocycles. The number of hydrogen-bond acceptors (Lipinski definition) is 4. The van der Waals surface area contributed by atoms with E-state index in [-0.39, 0.29) is 12.5 Å². The molecule has 2 saturated heterocycles. The Bertz CT molecular complexity index is 742. The van der Waals surface area contributed by atoms with Crippen LogP contribution in [0.2, 0.25) is 0 Å². The number of carbonyl (C=O) groups excluding carboxylic acids is 3. The van der Waals surface area contributed by atoms with Crippen LogP contribution in [0.5, 0.6) is 5.75 Å². The van der Waals surface area contributed by atoms with E-state index >= 15 is 0 Å². The van der Waals surface area contributed by atoms with Crippen LogP contribution in [0, 0.1) is 6.92 Å². The van der Waals surface area contributed by atoms with Crippen LogP contribution < -0.4 is 10.1 Å². The van der Waals surface area contributed by atoms with Gasteiger partial charge in [-0.3, -0.25) is 14.5 Å². The lowest BCUT2D eigenvalue weighted by atomic mass is 9.90. The van der Waals surface area contributed by atoms with Crippen LogP contribution in [0.3, 0.4) is 0 Å². The summed E-state index contributed by atoms with van der Waals surface area (Å²) in [5.74, 6) is 0.132. The summed E-state index contributed by atoms with van der Waals surface area (Å²) >= 11 is 0. The van der Waals surface area contributed by atoms with Crippen molar-refractivity contribution >= 4 is 17.8 Å². The molecule has 1 N–H and O–H groups in total. The lowest BCUT2D eigenvalue weighted by Crippen LogP contribution is -2.45. The highest BCUT2D eigenvalue weighted by molar-refractivity contribution is 6.09.